The number of amides is 1. The fourth-order valence-electron chi connectivity index (χ4n) is 1.24. The van der Waals surface area contributed by atoms with Gasteiger partial charge in [-0.2, -0.15) is 0 Å². The smallest absolute Gasteiger partial charge is 0.251 e. The van der Waals surface area contributed by atoms with E-state index in [9.17, 15) is 4.79 Å². The molecule has 0 aromatic carbocycles. The molecule has 4 nitrogen and oxygen atoms in total. The summed E-state index contributed by atoms with van der Waals surface area (Å²) >= 11 is 2.19. The summed E-state index contributed by atoms with van der Waals surface area (Å²) < 4.78 is 2.95. The number of hydrogen-bond acceptors (Lipinski definition) is 2. The number of carbonyl (C=O) groups excluding carboxylic acids is 1. The quantitative estimate of drug-likeness (QED) is 0.807. The maximum atomic E-state index is 11.3. The molecule has 5 heteroatoms. The molecule has 0 aliphatic rings. The second-order valence-electron chi connectivity index (χ2n) is 2.80. The molecule has 0 atom stereocenters. The van der Waals surface area contributed by atoms with Crippen LogP contribution in [0.15, 0.2) is 24.5 Å². The number of hydrogen-bond donors (Lipinski definition) is 1. The molecule has 0 saturated carbocycles. The third-order valence-corrected chi connectivity index (χ3v) is 2.76. The first-order valence-corrected chi connectivity index (χ1v) is 5.15. The van der Waals surface area contributed by atoms with Crippen molar-refractivity contribution in [3.05, 3.63) is 33.8 Å². The van der Waals surface area contributed by atoms with Crippen molar-refractivity contribution in [3.63, 3.8) is 0 Å². The Hall–Kier alpha value is -1.11. The van der Waals surface area contributed by atoms with Crippen molar-refractivity contribution in [2.24, 2.45) is 0 Å². The summed E-state index contributed by atoms with van der Waals surface area (Å²) in [6, 6.07) is 3.54. The highest BCUT2D eigenvalue weighted by atomic mass is 127. The predicted molar refractivity (Wildman–Crippen MR) is 61.3 cm³/mol. The first-order valence-electron chi connectivity index (χ1n) is 4.07. The normalized spacial score (nSPS) is 10.4. The van der Waals surface area contributed by atoms with Gasteiger partial charge in [0.25, 0.3) is 5.91 Å². The Morgan fingerprint density at radius 2 is 2.43 bits per heavy atom. The Kier molecular flexibility index (Phi) is 2.40. The number of pyridine rings is 1. The number of rotatable bonds is 1. The van der Waals surface area contributed by atoms with Crippen LogP contribution in [-0.4, -0.2) is 22.3 Å². The molecule has 0 aliphatic heterocycles. The Morgan fingerprint density at radius 1 is 1.64 bits per heavy atom. The summed E-state index contributed by atoms with van der Waals surface area (Å²) in [6.45, 7) is 0. The van der Waals surface area contributed by atoms with Crippen molar-refractivity contribution >= 4 is 34.1 Å². The van der Waals surface area contributed by atoms with Gasteiger partial charge in [0.15, 0.2) is 0 Å². The lowest BCUT2D eigenvalue weighted by atomic mass is 10.2. The van der Waals surface area contributed by atoms with Crippen molar-refractivity contribution in [2.75, 3.05) is 7.05 Å². The van der Waals surface area contributed by atoms with Crippen molar-refractivity contribution in [1.82, 2.24) is 14.7 Å². The second kappa shape index (κ2) is 3.56. The van der Waals surface area contributed by atoms with Crippen LogP contribution in [0.2, 0.25) is 0 Å². The third-order valence-electron chi connectivity index (χ3n) is 1.96. The van der Waals surface area contributed by atoms with Crippen LogP contribution in [0.4, 0.5) is 0 Å². The largest absolute Gasteiger partial charge is 0.355 e. The number of imidazole rings is 1. The van der Waals surface area contributed by atoms with Gasteiger partial charge in [0.05, 0.1) is 6.20 Å². The summed E-state index contributed by atoms with van der Waals surface area (Å²) in [4.78, 5) is 15.5. The van der Waals surface area contributed by atoms with E-state index in [0.717, 1.165) is 9.35 Å². The maximum absolute atomic E-state index is 11.3. The van der Waals surface area contributed by atoms with Crippen molar-refractivity contribution in [1.29, 1.82) is 0 Å². The fourth-order valence-corrected chi connectivity index (χ4v) is 1.78. The number of carbonyl (C=O) groups is 1. The number of fused-ring (bicyclic) bond motifs is 1. The van der Waals surface area contributed by atoms with Gasteiger partial charge in [-0.15, -0.1) is 0 Å². The minimum Gasteiger partial charge on any atom is -0.355 e. The summed E-state index contributed by atoms with van der Waals surface area (Å²) in [5, 5.41) is 2.57. The van der Waals surface area contributed by atoms with Gasteiger partial charge in [-0.05, 0) is 34.7 Å². The molecular formula is C9H8IN3O. The molecule has 1 amide bonds. The van der Waals surface area contributed by atoms with E-state index in [1.807, 2.05) is 10.6 Å². The molecule has 2 rings (SSSR count). The molecule has 2 aromatic rings. The molecule has 14 heavy (non-hydrogen) atoms. The van der Waals surface area contributed by atoms with Gasteiger partial charge in [-0.25, -0.2) is 4.98 Å². The third kappa shape index (κ3) is 1.47. The molecule has 0 fully saturated rings. The monoisotopic (exact) mass is 301 g/mol. The molecule has 0 aliphatic carbocycles. The van der Waals surface area contributed by atoms with Crippen LogP contribution in [0.25, 0.3) is 5.65 Å². The predicted octanol–water partition coefficient (Wildman–Crippen LogP) is 1.30. The summed E-state index contributed by atoms with van der Waals surface area (Å²) in [5.41, 5.74) is 1.41. The van der Waals surface area contributed by atoms with Gasteiger partial charge >= 0.3 is 0 Å². The van der Waals surface area contributed by atoms with Gasteiger partial charge in [0.2, 0.25) is 0 Å². The van der Waals surface area contributed by atoms with E-state index < -0.39 is 0 Å². The number of nitrogens with one attached hydrogen (secondary N) is 1. The standard InChI is InChI=1S/C9H8IN3O/c1-11-9(14)6-2-3-13-7(10)5-12-8(13)4-6/h2-5H,1H3,(H,11,14). The molecule has 2 heterocycles. The van der Waals surface area contributed by atoms with E-state index in [1.165, 1.54) is 0 Å². The van der Waals surface area contributed by atoms with Gasteiger partial charge < -0.3 is 5.32 Å². The summed E-state index contributed by atoms with van der Waals surface area (Å²) in [7, 11) is 1.61. The summed E-state index contributed by atoms with van der Waals surface area (Å²) in [5.74, 6) is -0.0921. The molecule has 0 spiro atoms. The Labute approximate surface area is 94.5 Å². The van der Waals surface area contributed by atoms with E-state index in [0.29, 0.717) is 5.56 Å². The van der Waals surface area contributed by atoms with Crippen LogP contribution in [0.1, 0.15) is 10.4 Å². The van der Waals surface area contributed by atoms with E-state index in [2.05, 4.69) is 32.9 Å². The van der Waals surface area contributed by atoms with Crippen LogP contribution in [0.5, 0.6) is 0 Å². The van der Waals surface area contributed by atoms with Crippen LogP contribution in [0.3, 0.4) is 0 Å². The van der Waals surface area contributed by atoms with Gasteiger partial charge in [-0.3, -0.25) is 9.20 Å². The first-order chi connectivity index (χ1) is 6.72. The molecule has 1 N–H and O–H groups in total. The zero-order valence-electron chi connectivity index (χ0n) is 7.49. The van der Waals surface area contributed by atoms with E-state index in [1.54, 1.807) is 25.4 Å². The van der Waals surface area contributed by atoms with Crippen LogP contribution < -0.4 is 5.32 Å². The van der Waals surface area contributed by atoms with Crippen molar-refractivity contribution < 1.29 is 4.79 Å². The highest BCUT2D eigenvalue weighted by molar-refractivity contribution is 14.1. The Morgan fingerprint density at radius 3 is 3.14 bits per heavy atom. The van der Waals surface area contributed by atoms with E-state index in [-0.39, 0.29) is 5.91 Å². The van der Waals surface area contributed by atoms with E-state index >= 15 is 0 Å². The number of aromatic nitrogens is 2. The summed E-state index contributed by atoms with van der Waals surface area (Å²) in [6.07, 6.45) is 3.61. The molecule has 2 aromatic heterocycles. The molecule has 0 radical (unpaired) electrons. The lowest BCUT2D eigenvalue weighted by molar-refractivity contribution is 0.0963. The highest BCUT2D eigenvalue weighted by Gasteiger charge is 2.05. The average Bonchev–Trinajstić information content (AvgIpc) is 2.59. The van der Waals surface area contributed by atoms with Crippen LogP contribution >= 0.6 is 22.6 Å². The number of halogens is 1. The van der Waals surface area contributed by atoms with E-state index in [4.69, 9.17) is 0 Å². The second-order valence-corrected chi connectivity index (χ2v) is 3.91. The number of nitrogens with zero attached hydrogens (tertiary/aromatic N) is 2. The fraction of sp³-hybridized carbons (Fsp3) is 0.111. The Bertz CT molecular complexity index is 492. The highest BCUT2D eigenvalue weighted by Crippen LogP contribution is 2.10. The molecule has 0 unspecified atom stereocenters. The zero-order valence-corrected chi connectivity index (χ0v) is 9.65. The van der Waals surface area contributed by atoms with Crippen molar-refractivity contribution in [3.8, 4) is 0 Å². The minimum absolute atomic E-state index is 0.0921. The molecule has 0 saturated heterocycles. The van der Waals surface area contributed by atoms with Crippen LogP contribution in [0, 0.1) is 3.70 Å². The lowest BCUT2D eigenvalue weighted by Crippen LogP contribution is -2.17. The SMILES string of the molecule is CNC(=O)c1ccn2c(I)cnc2c1. The molecular weight excluding hydrogens is 293 g/mol. The first kappa shape index (κ1) is 9.45. The molecule has 72 valence electrons. The van der Waals surface area contributed by atoms with Crippen molar-refractivity contribution in [2.45, 2.75) is 0 Å². The zero-order chi connectivity index (χ0) is 10.1. The molecule has 0 bridgehead atoms. The van der Waals surface area contributed by atoms with Gasteiger partial charge in [-0.1, -0.05) is 0 Å². The van der Waals surface area contributed by atoms with Gasteiger partial charge in [0, 0.05) is 18.8 Å². The lowest BCUT2D eigenvalue weighted by Gasteiger charge is -2.00. The average molecular weight is 301 g/mol. The topological polar surface area (TPSA) is 46.4 Å². The Balaban J connectivity index is 2.57. The minimum atomic E-state index is -0.0921. The maximum Gasteiger partial charge on any atom is 0.251 e. The van der Waals surface area contributed by atoms with Gasteiger partial charge in [0.1, 0.15) is 9.35 Å². The van der Waals surface area contributed by atoms with Crippen LogP contribution in [-0.2, 0) is 0 Å².